The summed E-state index contributed by atoms with van der Waals surface area (Å²) in [7, 11) is 0. The Hall–Kier alpha value is -0.110. The Kier molecular flexibility index (Phi) is 5.94. The van der Waals surface area contributed by atoms with Crippen LogP contribution in [0.5, 0.6) is 0 Å². The molecule has 0 atom stereocenters. The van der Waals surface area contributed by atoms with E-state index in [1.165, 1.54) is 0 Å². The molecule has 0 saturated carbocycles. The van der Waals surface area contributed by atoms with Gasteiger partial charge in [-0.25, -0.2) is 0 Å². The van der Waals surface area contributed by atoms with E-state index in [9.17, 15) is 4.79 Å². The molecule has 0 saturated heterocycles. The second kappa shape index (κ2) is 6.02. The summed E-state index contributed by atoms with van der Waals surface area (Å²) in [4.78, 5) is 10.3. The van der Waals surface area contributed by atoms with Crippen molar-refractivity contribution in [2.45, 2.75) is 19.8 Å². The van der Waals surface area contributed by atoms with Crippen molar-refractivity contribution in [2.75, 3.05) is 5.33 Å². The molecule has 0 rings (SSSR count). The van der Waals surface area contributed by atoms with Crippen LogP contribution in [0.15, 0.2) is 12.2 Å². The molecule has 0 radical (unpaired) electrons. The number of allylic oxidation sites excluding steroid dienone is 2. The number of carbonyl (C=O) groups excluding carboxylic acids is 1. The molecular formula is C7H11BrO. The maximum Gasteiger partial charge on any atom is 0.133 e. The number of halogens is 1. The number of alkyl halides is 1. The molecule has 0 aliphatic heterocycles. The van der Waals surface area contributed by atoms with Crippen LogP contribution in [0.3, 0.4) is 0 Å². The standard InChI is InChI=1S/C7H11BrO/c1-7(9)5-3-2-4-6-8/h2-3H,4-6H2,1H3/b3-2+. The van der Waals surface area contributed by atoms with Crippen molar-refractivity contribution in [3.05, 3.63) is 12.2 Å². The third-order valence-electron chi connectivity index (χ3n) is 0.848. The Labute approximate surface area is 64.3 Å². The molecule has 0 amide bonds. The Bertz CT molecular complexity index is 107. The lowest BCUT2D eigenvalue weighted by molar-refractivity contribution is -0.116. The van der Waals surface area contributed by atoms with Gasteiger partial charge in [-0.05, 0) is 13.3 Å². The molecule has 0 fully saturated rings. The van der Waals surface area contributed by atoms with Gasteiger partial charge in [0.2, 0.25) is 0 Å². The van der Waals surface area contributed by atoms with E-state index in [1.807, 2.05) is 12.2 Å². The molecule has 0 unspecified atom stereocenters. The third kappa shape index (κ3) is 7.89. The van der Waals surface area contributed by atoms with E-state index in [4.69, 9.17) is 0 Å². The second-order valence-corrected chi connectivity index (χ2v) is 2.65. The van der Waals surface area contributed by atoms with Gasteiger partial charge in [0.05, 0.1) is 0 Å². The molecule has 0 aliphatic rings. The lowest BCUT2D eigenvalue weighted by Gasteiger charge is -1.83. The Balaban J connectivity index is 3.14. The first-order valence-corrected chi connectivity index (χ1v) is 4.10. The SMILES string of the molecule is CC(=O)C/C=C/CCBr. The van der Waals surface area contributed by atoms with Crippen molar-refractivity contribution in [3.63, 3.8) is 0 Å². The van der Waals surface area contributed by atoms with Crippen molar-refractivity contribution in [3.8, 4) is 0 Å². The third-order valence-corrected chi connectivity index (χ3v) is 1.31. The van der Waals surface area contributed by atoms with E-state index < -0.39 is 0 Å². The minimum absolute atomic E-state index is 0.223. The smallest absolute Gasteiger partial charge is 0.133 e. The highest BCUT2D eigenvalue weighted by atomic mass is 79.9. The van der Waals surface area contributed by atoms with Gasteiger partial charge in [0.15, 0.2) is 0 Å². The number of hydrogen-bond acceptors (Lipinski definition) is 1. The van der Waals surface area contributed by atoms with Crippen molar-refractivity contribution in [1.82, 2.24) is 0 Å². The summed E-state index contributed by atoms with van der Waals surface area (Å²) in [6.07, 6.45) is 5.50. The van der Waals surface area contributed by atoms with Crippen LogP contribution >= 0.6 is 15.9 Å². The molecule has 0 aliphatic carbocycles. The molecular weight excluding hydrogens is 180 g/mol. The van der Waals surface area contributed by atoms with Crippen LogP contribution in [0.4, 0.5) is 0 Å². The minimum atomic E-state index is 0.223. The molecule has 0 aromatic heterocycles. The van der Waals surface area contributed by atoms with Gasteiger partial charge in [0.25, 0.3) is 0 Å². The molecule has 52 valence electrons. The largest absolute Gasteiger partial charge is 0.300 e. The van der Waals surface area contributed by atoms with Crippen LogP contribution in [0.25, 0.3) is 0 Å². The van der Waals surface area contributed by atoms with Crippen molar-refractivity contribution < 1.29 is 4.79 Å². The van der Waals surface area contributed by atoms with Gasteiger partial charge >= 0.3 is 0 Å². The van der Waals surface area contributed by atoms with Gasteiger partial charge in [-0.3, -0.25) is 4.79 Å². The minimum Gasteiger partial charge on any atom is -0.300 e. The fourth-order valence-electron chi connectivity index (χ4n) is 0.430. The predicted molar refractivity (Wildman–Crippen MR) is 42.8 cm³/mol. The average Bonchev–Trinajstić information content (AvgIpc) is 1.80. The molecule has 0 N–H and O–H groups in total. The van der Waals surface area contributed by atoms with E-state index >= 15 is 0 Å². The van der Waals surface area contributed by atoms with Crippen LogP contribution in [0.2, 0.25) is 0 Å². The summed E-state index contributed by atoms with van der Waals surface area (Å²) in [5.74, 6) is 0.223. The lowest BCUT2D eigenvalue weighted by Crippen LogP contribution is -1.83. The summed E-state index contributed by atoms with van der Waals surface area (Å²) in [5, 5.41) is 0.974. The predicted octanol–water partition coefficient (Wildman–Crippen LogP) is 2.31. The van der Waals surface area contributed by atoms with Crippen LogP contribution in [-0.2, 0) is 4.79 Å². The lowest BCUT2D eigenvalue weighted by atomic mass is 10.3. The highest BCUT2D eigenvalue weighted by Crippen LogP contribution is 1.91. The number of hydrogen-bond donors (Lipinski definition) is 0. The van der Waals surface area contributed by atoms with Crippen LogP contribution < -0.4 is 0 Å². The van der Waals surface area contributed by atoms with Crippen LogP contribution in [0.1, 0.15) is 19.8 Å². The van der Waals surface area contributed by atoms with E-state index in [-0.39, 0.29) is 5.78 Å². The molecule has 0 aromatic rings. The fourth-order valence-corrected chi connectivity index (χ4v) is 0.694. The number of rotatable bonds is 4. The summed E-state index contributed by atoms with van der Waals surface area (Å²) in [5.41, 5.74) is 0. The van der Waals surface area contributed by atoms with Crippen molar-refractivity contribution in [2.24, 2.45) is 0 Å². The van der Waals surface area contributed by atoms with Gasteiger partial charge in [-0.1, -0.05) is 28.1 Å². The number of Topliss-reactive ketones (excluding diaryl/α,β-unsaturated/α-hetero) is 1. The molecule has 1 nitrogen and oxygen atoms in total. The topological polar surface area (TPSA) is 17.1 Å². The highest BCUT2D eigenvalue weighted by molar-refractivity contribution is 9.09. The van der Waals surface area contributed by atoms with E-state index in [0.717, 1.165) is 11.8 Å². The first-order valence-electron chi connectivity index (χ1n) is 2.97. The Morgan fingerprint density at radius 3 is 2.67 bits per heavy atom. The van der Waals surface area contributed by atoms with Crippen LogP contribution in [0, 0.1) is 0 Å². The zero-order valence-corrected chi connectivity index (χ0v) is 7.15. The fraction of sp³-hybridized carbons (Fsp3) is 0.571. The zero-order valence-electron chi connectivity index (χ0n) is 5.56. The summed E-state index contributed by atoms with van der Waals surface area (Å²) >= 11 is 3.28. The van der Waals surface area contributed by atoms with Gasteiger partial charge in [0.1, 0.15) is 5.78 Å². The zero-order chi connectivity index (χ0) is 7.11. The number of carbonyl (C=O) groups is 1. The molecule has 0 spiro atoms. The van der Waals surface area contributed by atoms with E-state index in [0.29, 0.717) is 6.42 Å². The van der Waals surface area contributed by atoms with Crippen molar-refractivity contribution in [1.29, 1.82) is 0 Å². The number of ketones is 1. The molecule has 0 heterocycles. The van der Waals surface area contributed by atoms with Gasteiger partial charge < -0.3 is 0 Å². The molecule has 0 aromatic carbocycles. The first-order chi connectivity index (χ1) is 4.27. The Morgan fingerprint density at radius 1 is 1.56 bits per heavy atom. The Morgan fingerprint density at radius 2 is 2.22 bits per heavy atom. The maximum absolute atomic E-state index is 10.3. The van der Waals surface area contributed by atoms with E-state index in [2.05, 4.69) is 15.9 Å². The molecule has 0 bridgehead atoms. The van der Waals surface area contributed by atoms with Gasteiger partial charge in [-0.2, -0.15) is 0 Å². The summed E-state index contributed by atoms with van der Waals surface area (Å²) in [6.45, 7) is 1.60. The second-order valence-electron chi connectivity index (χ2n) is 1.86. The molecule has 2 heteroatoms. The maximum atomic E-state index is 10.3. The normalized spacial score (nSPS) is 10.4. The monoisotopic (exact) mass is 190 g/mol. The quantitative estimate of drug-likeness (QED) is 0.492. The highest BCUT2D eigenvalue weighted by Gasteiger charge is 1.83. The summed E-state index contributed by atoms with van der Waals surface area (Å²) < 4.78 is 0. The van der Waals surface area contributed by atoms with Gasteiger partial charge in [-0.15, -0.1) is 0 Å². The summed E-state index contributed by atoms with van der Waals surface area (Å²) in [6, 6.07) is 0. The first kappa shape index (κ1) is 8.89. The average molecular weight is 191 g/mol. The van der Waals surface area contributed by atoms with Gasteiger partial charge in [0, 0.05) is 11.8 Å². The molecule has 9 heavy (non-hydrogen) atoms. The van der Waals surface area contributed by atoms with Crippen LogP contribution in [-0.4, -0.2) is 11.1 Å². The van der Waals surface area contributed by atoms with E-state index in [1.54, 1.807) is 6.92 Å². The van der Waals surface area contributed by atoms with Crippen molar-refractivity contribution >= 4 is 21.7 Å².